The summed E-state index contributed by atoms with van der Waals surface area (Å²) in [6.45, 7) is 6.40. The molecule has 0 amide bonds. The zero-order chi connectivity index (χ0) is 7.33. The summed E-state index contributed by atoms with van der Waals surface area (Å²) in [5.74, 6) is 0. The van der Waals surface area contributed by atoms with Crippen LogP contribution in [0.25, 0.3) is 0 Å². The molecule has 56 valence electrons. The van der Waals surface area contributed by atoms with Crippen molar-refractivity contribution in [1.29, 1.82) is 0 Å². The minimum atomic E-state index is 0.0764. The first kappa shape index (κ1) is 8.92. The van der Waals surface area contributed by atoms with Crippen molar-refractivity contribution in [2.45, 2.75) is 39.2 Å². The Morgan fingerprint density at radius 1 is 1.44 bits per heavy atom. The van der Waals surface area contributed by atoms with Crippen LogP contribution in [-0.2, 0) is 0 Å². The molecule has 0 saturated carbocycles. The summed E-state index contributed by atoms with van der Waals surface area (Å²) in [4.78, 5) is 0. The topological polar surface area (TPSA) is 32.3 Å². The number of aliphatic hydroxyl groups is 1. The molecule has 0 aromatic heterocycles. The molecule has 0 aromatic rings. The monoisotopic (exact) mass is 131 g/mol. The highest BCUT2D eigenvalue weighted by molar-refractivity contribution is 4.74. The van der Waals surface area contributed by atoms with Crippen molar-refractivity contribution in [2.75, 3.05) is 6.73 Å². The van der Waals surface area contributed by atoms with Gasteiger partial charge in [-0.3, -0.25) is 5.32 Å². The molecule has 9 heavy (non-hydrogen) atoms. The summed E-state index contributed by atoms with van der Waals surface area (Å²) >= 11 is 0. The maximum absolute atomic E-state index is 8.52. The highest BCUT2D eigenvalue weighted by Crippen LogP contribution is 2.09. The third-order valence-electron chi connectivity index (χ3n) is 1.43. The van der Waals surface area contributed by atoms with Crippen LogP contribution >= 0.6 is 0 Å². The van der Waals surface area contributed by atoms with Gasteiger partial charge in [-0.2, -0.15) is 0 Å². The quantitative estimate of drug-likeness (QED) is 0.560. The van der Waals surface area contributed by atoms with E-state index in [0.717, 1.165) is 12.8 Å². The van der Waals surface area contributed by atoms with Gasteiger partial charge in [-0.05, 0) is 20.3 Å². The zero-order valence-electron chi connectivity index (χ0n) is 6.57. The van der Waals surface area contributed by atoms with Gasteiger partial charge in [-0.25, -0.2) is 0 Å². The molecule has 2 nitrogen and oxygen atoms in total. The summed E-state index contributed by atoms with van der Waals surface area (Å²) in [6, 6.07) is 0. The minimum Gasteiger partial charge on any atom is -0.381 e. The first-order valence-corrected chi connectivity index (χ1v) is 3.48. The van der Waals surface area contributed by atoms with Gasteiger partial charge < -0.3 is 5.11 Å². The lowest BCUT2D eigenvalue weighted by Gasteiger charge is -2.24. The van der Waals surface area contributed by atoms with Crippen molar-refractivity contribution >= 4 is 0 Å². The molecular formula is C7H17NO. The Kier molecular flexibility index (Phi) is 3.82. The van der Waals surface area contributed by atoms with Crippen LogP contribution in [-0.4, -0.2) is 17.4 Å². The van der Waals surface area contributed by atoms with Crippen LogP contribution in [0.4, 0.5) is 0 Å². The van der Waals surface area contributed by atoms with Gasteiger partial charge in [0.15, 0.2) is 0 Å². The van der Waals surface area contributed by atoms with E-state index in [2.05, 4.69) is 26.1 Å². The minimum absolute atomic E-state index is 0.0764. The SMILES string of the molecule is CCCC(C)(C)NCO. The predicted octanol–water partition coefficient (Wildman–Crippen LogP) is 1.10. The van der Waals surface area contributed by atoms with Gasteiger partial charge in [0.1, 0.15) is 0 Å². The van der Waals surface area contributed by atoms with E-state index in [-0.39, 0.29) is 12.3 Å². The van der Waals surface area contributed by atoms with Crippen LogP contribution < -0.4 is 5.32 Å². The number of hydrogen-bond acceptors (Lipinski definition) is 2. The molecule has 0 atom stereocenters. The van der Waals surface area contributed by atoms with E-state index < -0.39 is 0 Å². The normalized spacial score (nSPS) is 12.0. The third kappa shape index (κ3) is 4.43. The maximum atomic E-state index is 8.52. The zero-order valence-corrected chi connectivity index (χ0v) is 6.57. The van der Waals surface area contributed by atoms with E-state index in [0.29, 0.717) is 0 Å². The largest absolute Gasteiger partial charge is 0.381 e. The Balaban J connectivity index is 3.43. The summed E-state index contributed by atoms with van der Waals surface area (Å²) in [6.07, 6.45) is 2.26. The van der Waals surface area contributed by atoms with Crippen LogP contribution in [0.15, 0.2) is 0 Å². The lowest BCUT2D eigenvalue weighted by molar-refractivity contribution is 0.202. The van der Waals surface area contributed by atoms with Crippen LogP contribution in [0.1, 0.15) is 33.6 Å². The Morgan fingerprint density at radius 2 is 2.00 bits per heavy atom. The third-order valence-corrected chi connectivity index (χ3v) is 1.43. The highest BCUT2D eigenvalue weighted by Gasteiger charge is 2.13. The number of hydrogen-bond donors (Lipinski definition) is 2. The van der Waals surface area contributed by atoms with Crippen molar-refractivity contribution in [3.63, 3.8) is 0 Å². The molecule has 0 spiro atoms. The Hall–Kier alpha value is -0.0800. The van der Waals surface area contributed by atoms with Crippen molar-refractivity contribution < 1.29 is 5.11 Å². The second kappa shape index (κ2) is 3.85. The van der Waals surface area contributed by atoms with Crippen molar-refractivity contribution in [2.24, 2.45) is 0 Å². The average molecular weight is 131 g/mol. The molecule has 0 aliphatic rings. The fourth-order valence-corrected chi connectivity index (χ4v) is 0.927. The van der Waals surface area contributed by atoms with E-state index in [1.54, 1.807) is 0 Å². The van der Waals surface area contributed by atoms with Gasteiger partial charge in [0.25, 0.3) is 0 Å². The molecule has 0 saturated heterocycles. The van der Waals surface area contributed by atoms with E-state index in [1.807, 2.05) is 0 Å². The molecule has 0 bridgehead atoms. The van der Waals surface area contributed by atoms with Crippen LogP contribution in [0.5, 0.6) is 0 Å². The molecule has 0 fully saturated rings. The van der Waals surface area contributed by atoms with Gasteiger partial charge in [-0.1, -0.05) is 13.3 Å². The standard InChI is InChI=1S/C7H17NO/c1-4-5-7(2,3)8-6-9/h8-9H,4-6H2,1-3H3. The number of nitrogens with one attached hydrogen (secondary N) is 1. The van der Waals surface area contributed by atoms with Gasteiger partial charge in [0.2, 0.25) is 0 Å². The van der Waals surface area contributed by atoms with Crippen molar-refractivity contribution in [3.05, 3.63) is 0 Å². The lowest BCUT2D eigenvalue weighted by atomic mass is 10.00. The Bertz CT molecular complexity index is 63.3. The van der Waals surface area contributed by atoms with Crippen LogP contribution in [0.3, 0.4) is 0 Å². The molecule has 0 unspecified atom stereocenters. The highest BCUT2D eigenvalue weighted by atomic mass is 16.3. The molecule has 0 aromatic carbocycles. The van der Waals surface area contributed by atoms with Crippen molar-refractivity contribution in [1.82, 2.24) is 5.32 Å². The molecule has 2 N–H and O–H groups in total. The van der Waals surface area contributed by atoms with Gasteiger partial charge >= 0.3 is 0 Å². The van der Waals surface area contributed by atoms with E-state index in [4.69, 9.17) is 5.11 Å². The van der Waals surface area contributed by atoms with E-state index in [1.165, 1.54) is 0 Å². The predicted molar refractivity (Wildman–Crippen MR) is 39.2 cm³/mol. The molecule has 2 heteroatoms. The molecule has 0 aliphatic carbocycles. The molecule has 0 rings (SSSR count). The van der Waals surface area contributed by atoms with Crippen LogP contribution in [0, 0.1) is 0 Å². The molecule has 0 heterocycles. The summed E-state index contributed by atoms with van der Waals surface area (Å²) in [7, 11) is 0. The number of aliphatic hydroxyl groups excluding tert-OH is 1. The fourth-order valence-electron chi connectivity index (χ4n) is 0.927. The smallest absolute Gasteiger partial charge is 0.0935 e. The molecule has 0 aliphatic heterocycles. The second-order valence-electron chi connectivity index (χ2n) is 2.97. The van der Waals surface area contributed by atoms with Gasteiger partial charge in [0.05, 0.1) is 6.73 Å². The Morgan fingerprint density at radius 3 is 2.33 bits per heavy atom. The molecule has 0 radical (unpaired) electrons. The Labute approximate surface area is 57.3 Å². The van der Waals surface area contributed by atoms with E-state index in [9.17, 15) is 0 Å². The summed E-state index contributed by atoms with van der Waals surface area (Å²) in [5, 5.41) is 11.5. The van der Waals surface area contributed by atoms with Gasteiger partial charge in [-0.15, -0.1) is 0 Å². The number of rotatable bonds is 4. The maximum Gasteiger partial charge on any atom is 0.0935 e. The first-order chi connectivity index (χ1) is 4.12. The fraction of sp³-hybridized carbons (Fsp3) is 1.00. The van der Waals surface area contributed by atoms with Gasteiger partial charge in [0, 0.05) is 5.54 Å². The average Bonchev–Trinajstić information content (AvgIpc) is 1.64. The second-order valence-corrected chi connectivity index (χ2v) is 2.97. The van der Waals surface area contributed by atoms with Crippen molar-refractivity contribution in [3.8, 4) is 0 Å². The summed E-state index contributed by atoms with van der Waals surface area (Å²) in [5.41, 5.74) is 0.101. The molecular weight excluding hydrogens is 114 g/mol. The first-order valence-electron chi connectivity index (χ1n) is 3.48. The lowest BCUT2D eigenvalue weighted by Crippen LogP contribution is -2.39. The van der Waals surface area contributed by atoms with Crippen LogP contribution in [0.2, 0.25) is 0 Å². The van der Waals surface area contributed by atoms with E-state index >= 15 is 0 Å². The summed E-state index contributed by atoms with van der Waals surface area (Å²) < 4.78 is 0.